The maximum atomic E-state index is 12.8. The SMILES string of the molecule is CSc1ccc(S(=O)(=O)N(C)CC(=O)N2CCN(c3cccc(C)c3C)CC2)cc1. The molecule has 1 aliphatic rings. The van der Waals surface area contributed by atoms with Crippen LogP contribution in [0.2, 0.25) is 0 Å². The molecule has 0 saturated carbocycles. The summed E-state index contributed by atoms with van der Waals surface area (Å²) in [6, 6.07) is 13.0. The lowest BCUT2D eigenvalue weighted by Crippen LogP contribution is -2.51. The summed E-state index contributed by atoms with van der Waals surface area (Å²) in [4.78, 5) is 18.0. The van der Waals surface area contributed by atoms with Crippen LogP contribution in [0, 0.1) is 13.8 Å². The van der Waals surface area contributed by atoms with Crippen LogP contribution in [0.5, 0.6) is 0 Å². The molecule has 3 rings (SSSR count). The predicted octanol–water partition coefficient (Wildman–Crippen LogP) is 2.99. The largest absolute Gasteiger partial charge is 0.368 e. The third-order valence-electron chi connectivity index (χ3n) is 5.67. The van der Waals surface area contributed by atoms with Crippen molar-refractivity contribution in [3.63, 3.8) is 0 Å². The van der Waals surface area contributed by atoms with Crippen molar-refractivity contribution in [1.29, 1.82) is 0 Å². The van der Waals surface area contributed by atoms with Crippen LogP contribution in [0.4, 0.5) is 5.69 Å². The van der Waals surface area contributed by atoms with E-state index in [-0.39, 0.29) is 17.3 Å². The number of nitrogens with zero attached hydrogens (tertiary/aromatic N) is 3. The zero-order chi connectivity index (χ0) is 21.9. The van der Waals surface area contributed by atoms with Gasteiger partial charge < -0.3 is 9.80 Å². The van der Waals surface area contributed by atoms with Crippen LogP contribution < -0.4 is 4.90 Å². The fourth-order valence-corrected chi connectivity index (χ4v) is 5.11. The molecule has 6 nitrogen and oxygen atoms in total. The van der Waals surface area contributed by atoms with Crippen molar-refractivity contribution in [2.24, 2.45) is 0 Å². The highest BCUT2D eigenvalue weighted by Gasteiger charge is 2.27. The van der Waals surface area contributed by atoms with Gasteiger partial charge in [0.25, 0.3) is 0 Å². The molecular weight excluding hydrogens is 418 g/mol. The molecule has 2 aromatic carbocycles. The third kappa shape index (κ3) is 4.82. The first-order valence-electron chi connectivity index (χ1n) is 9.93. The van der Waals surface area contributed by atoms with Crippen LogP contribution >= 0.6 is 11.8 Å². The van der Waals surface area contributed by atoms with Crippen LogP contribution in [-0.2, 0) is 14.8 Å². The van der Waals surface area contributed by atoms with E-state index in [0.717, 1.165) is 22.3 Å². The number of benzene rings is 2. The number of anilines is 1. The highest BCUT2D eigenvalue weighted by molar-refractivity contribution is 7.98. The monoisotopic (exact) mass is 447 g/mol. The zero-order valence-corrected chi connectivity index (χ0v) is 19.6. The highest BCUT2D eigenvalue weighted by atomic mass is 32.2. The summed E-state index contributed by atoms with van der Waals surface area (Å²) in [5, 5.41) is 0. The molecule has 8 heteroatoms. The number of thioether (sulfide) groups is 1. The lowest BCUT2D eigenvalue weighted by atomic mass is 10.1. The van der Waals surface area contributed by atoms with E-state index in [0.29, 0.717) is 13.1 Å². The number of hydrogen-bond acceptors (Lipinski definition) is 5. The first-order chi connectivity index (χ1) is 14.2. The Labute approximate surface area is 183 Å². The van der Waals surface area contributed by atoms with E-state index in [1.54, 1.807) is 40.9 Å². The number of sulfonamides is 1. The maximum absolute atomic E-state index is 12.8. The van der Waals surface area contributed by atoms with Crippen LogP contribution in [-0.4, -0.2) is 69.6 Å². The van der Waals surface area contributed by atoms with Crippen LogP contribution in [0.3, 0.4) is 0 Å². The van der Waals surface area contributed by atoms with Crippen molar-refractivity contribution in [3.05, 3.63) is 53.6 Å². The van der Waals surface area contributed by atoms with Gasteiger partial charge in [-0.2, -0.15) is 4.31 Å². The van der Waals surface area contributed by atoms with Gasteiger partial charge in [0.15, 0.2) is 0 Å². The summed E-state index contributed by atoms with van der Waals surface area (Å²) < 4.78 is 26.7. The molecule has 30 heavy (non-hydrogen) atoms. The number of hydrogen-bond donors (Lipinski definition) is 0. The van der Waals surface area contributed by atoms with Gasteiger partial charge in [-0.25, -0.2) is 8.42 Å². The molecule has 1 amide bonds. The van der Waals surface area contributed by atoms with E-state index in [1.807, 2.05) is 6.26 Å². The smallest absolute Gasteiger partial charge is 0.243 e. The Kier molecular flexibility index (Phi) is 7.10. The molecule has 162 valence electrons. The maximum Gasteiger partial charge on any atom is 0.243 e. The molecule has 1 fully saturated rings. The summed E-state index contributed by atoms with van der Waals surface area (Å²) in [7, 11) is -2.24. The fraction of sp³-hybridized carbons (Fsp3) is 0.409. The Balaban J connectivity index is 1.60. The summed E-state index contributed by atoms with van der Waals surface area (Å²) in [6.07, 6.45) is 1.94. The summed E-state index contributed by atoms with van der Waals surface area (Å²) in [6.45, 7) is 6.71. The molecule has 0 N–H and O–H groups in total. The van der Waals surface area contributed by atoms with E-state index in [9.17, 15) is 13.2 Å². The van der Waals surface area contributed by atoms with Crippen LogP contribution in [0.15, 0.2) is 52.3 Å². The Hall–Kier alpha value is -2.03. The molecule has 0 spiro atoms. The van der Waals surface area contributed by atoms with E-state index in [2.05, 4.69) is 36.9 Å². The minimum Gasteiger partial charge on any atom is -0.368 e. The molecule has 0 bridgehead atoms. The normalized spacial score (nSPS) is 15.0. The van der Waals surface area contributed by atoms with Gasteiger partial charge in [-0.1, -0.05) is 12.1 Å². The van der Waals surface area contributed by atoms with Crippen LogP contribution in [0.25, 0.3) is 0 Å². The molecule has 0 aromatic heterocycles. The number of amides is 1. The first-order valence-corrected chi connectivity index (χ1v) is 12.6. The average Bonchev–Trinajstić information content (AvgIpc) is 2.75. The Bertz CT molecular complexity index is 999. The molecule has 0 unspecified atom stereocenters. The second-order valence-corrected chi connectivity index (χ2v) is 10.4. The molecule has 1 aliphatic heterocycles. The number of likely N-dealkylation sites (N-methyl/N-ethyl adjacent to an activating group) is 1. The standard InChI is InChI=1S/C22H29N3O3S2/c1-17-6-5-7-21(18(17)2)24-12-14-25(15-13-24)22(26)16-23(3)30(27,28)20-10-8-19(29-4)9-11-20/h5-11H,12-16H2,1-4H3. The van der Waals surface area contributed by atoms with Crippen molar-refractivity contribution in [3.8, 4) is 0 Å². The van der Waals surface area contributed by atoms with Crippen molar-refractivity contribution < 1.29 is 13.2 Å². The van der Waals surface area contributed by atoms with E-state index in [4.69, 9.17) is 0 Å². The summed E-state index contributed by atoms with van der Waals surface area (Å²) in [5.74, 6) is -0.164. The molecule has 1 heterocycles. The Morgan fingerprint density at radius 1 is 1.03 bits per heavy atom. The van der Waals surface area contributed by atoms with Gasteiger partial charge in [0, 0.05) is 43.8 Å². The van der Waals surface area contributed by atoms with Gasteiger partial charge in [0.2, 0.25) is 15.9 Å². The summed E-state index contributed by atoms with van der Waals surface area (Å²) in [5.41, 5.74) is 3.72. The van der Waals surface area contributed by atoms with E-state index >= 15 is 0 Å². The van der Waals surface area contributed by atoms with Gasteiger partial charge in [0.05, 0.1) is 11.4 Å². The first kappa shape index (κ1) is 22.7. The highest BCUT2D eigenvalue weighted by Crippen LogP contribution is 2.24. The third-order valence-corrected chi connectivity index (χ3v) is 8.24. The van der Waals surface area contributed by atoms with Gasteiger partial charge in [-0.15, -0.1) is 11.8 Å². The Morgan fingerprint density at radius 3 is 2.27 bits per heavy atom. The number of aryl methyl sites for hydroxylation is 1. The molecule has 0 radical (unpaired) electrons. The number of rotatable bonds is 6. The quantitative estimate of drug-likeness (QED) is 0.637. The van der Waals surface area contributed by atoms with Gasteiger partial charge in [-0.3, -0.25) is 4.79 Å². The fourth-order valence-electron chi connectivity index (χ4n) is 3.58. The number of piperazine rings is 1. The molecule has 2 aromatic rings. The predicted molar refractivity (Wildman–Crippen MR) is 123 cm³/mol. The van der Waals surface area contributed by atoms with Crippen molar-refractivity contribution in [1.82, 2.24) is 9.21 Å². The lowest BCUT2D eigenvalue weighted by Gasteiger charge is -2.37. The number of carbonyl (C=O) groups excluding carboxylic acids is 1. The second-order valence-electron chi connectivity index (χ2n) is 7.52. The molecule has 0 aliphatic carbocycles. The lowest BCUT2D eigenvalue weighted by molar-refractivity contribution is -0.131. The molecule has 1 saturated heterocycles. The van der Waals surface area contributed by atoms with Gasteiger partial charge in [0.1, 0.15) is 0 Å². The van der Waals surface area contributed by atoms with E-state index in [1.165, 1.54) is 23.9 Å². The van der Waals surface area contributed by atoms with Crippen molar-refractivity contribution in [2.45, 2.75) is 23.6 Å². The van der Waals surface area contributed by atoms with Gasteiger partial charge >= 0.3 is 0 Å². The molecular formula is C22H29N3O3S2. The minimum atomic E-state index is -3.70. The summed E-state index contributed by atoms with van der Waals surface area (Å²) >= 11 is 1.55. The van der Waals surface area contributed by atoms with Crippen LogP contribution in [0.1, 0.15) is 11.1 Å². The minimum absolute atomic E-state index is 0.157. The second kappa shape index (κ2) is 9.41. The van der Waals surface area contributed by atoms with Crippen molar-refractivity contribution >= 4 is 33.4 Å². The topological polar surface area (TPSA) is 60.9 Å². The van der Waals surface area contributed by atoms with Crippen molar-refractivity contribution in [2.75, 3.05) is 50.9 Å². The van der Waals surface area contributed by atoms with E-state index < -0.39 is 10.0 Å². The average molecular weight is 448 g/mol. The number of carbonyl (C=O) groups is 1. The Morgan fingerprint density at radius 2 is 1.67 bits per heavy atom. The zero-order valence-electron chi connectivity index (χ0n) is 18.0. The molecule has 0 atom stereocenters. The van der Waals surface area contributed by atoms with Gasteiger partial charge in [-0.05, 0) is 61.6 Å².